The van der Waals surface area contributed by atoms with E-state index in [2.05, 4.69) is 16.7 Å². The molecule has 0 radical (unpaired) electrons. The van der Waals surface area contributed by atoms with E-state index < -0.39 is 0 Å². The average molecular weight is 179 g/mol. The van der Waals surface area contributed by atoms with Gasteiger partial charge in [-0.25, -0.2) is 4.98 Å². The molecule has 0 spiro atoms. The molecule has 1 aromatic heterocycles. The third kappa shape index (κ3) is 2.74. The number of aromatic nitrogens is 2. The van der Waals surface area contributed by atoms with Crippen LogP contribution in [0.2, 0.25) is 0 Å². The van der Waals surface area contributed by atoms with E-state index in [4.69, 9.17) is 5.21 Å². The molecule has 0 atom stereocenters. The van der Waals surface area contributed by atoms with Crippen LogP contribution in [0.1, 0.15) is 18.7 Å². The molecule has 1 N–H and O–H groups in total. The first-order valence-corrected chi connectivity index (χ1v) is 4.18. The minimum absolute atomic E-state index is 0.673. The number of imidazole rings is 1. The molecule has 0 aliphatic heterocycles. The summed E-state index contributed by atoms with van der Waals surface area (Å²) in [5.74, 6) is 0.673. The first-order valence-electron chi connectivity index (χ1n) is 4.18. The molecule has 4 nitrogen and oxygen atoms in total. The van der Waals surface area contributed by atoms with Crippen LogP contribution in [0.25, 0.3) is 0 Å². The summed E-state index contributed by atoms with van der Waals surface area (Å²) in [5.41, 5.74) is 0. The Morgan fingerprint density at radius 1 is 1.69 bits per heavy atom. The molecule has 1 aromatic rings. The van der Waals surface area contributed by atoms with Crippen molar-refractivity contribution in [3.8, 4) is 0 Å². The molecule has 1 heterocycles. The molecule has 0 bridgehead atoms. The maximum atomic E-state index is 8.33. The number of allylic oxidation sites excluding steroid dienone is 1. The summed E-state index contributed by atoms with van der Waals surface area (Å²) in [6.07, 6.45) is 8.76. The van der Waals surface area contributed by atoms with Crippen molar-refractivity contribution in [1.82, 2.24) is 9.55 Å². The van der Waals surface area contributed by atoms with Gasteiger partial charge in [0.25, 0.3) is 0 Å². The summed E-state index contributed by atoms with van der Waals surface area (Å²) in [5, 5.41) is 11.3. The summed E-state index contributed by atoms with van der Waals surface area (Å²) in [6.45, 7) is 4.52. The molecule has 0 amide bonds. The van der Waals surface area contributed by atoms with Crippen molar-refractivity contribution < 1.29 is 5.21 Å². The maximum Gasteiger partial charge on any atom is 0.154 e. The molecule has 0 aliphatic rings. The monoisotopic (exact) mass is 179 g/mol. The first kappa shape index (κ1) is 9.51. The van der Waals surface area contributed by atoms with E-state index in [9.17, 15) is 0 Å². The second-order valence-corrected chi connectivity index (χ2v) is 2.65. The fourth-order valence-electron chi connectivity index (χ4n) is 1.09. The average Bonchev–Trinajstić information content (AvgIpc) is 2.54. The number of nitrogens with zero attached hydrogens (tertiary/aromatic N) is 3. The predicted octanol–water partition coefficient (Wildman–Crippen LogP) is 1.66. The molecular formula is C9H13N3O. The van der Waals surface area contributed by atoms with Crippen molar-refractivity contribution in [2.45, 2.75) is 19.4 Å². The van der Waals surface area contributed by atoms with Crippen LogP contribution in [-0.2, 0) is 6.54 Å². The lowest BCUT2D eigenvalue weighted by atomic mass is 10.3. The van der Waals surface area contributed by atoms with Crippen LogP contribution in [0.3, 0.4) is 0 Å². The minimum atomic E-state index is 0.673. The zero-order valence-corrected chi connectivity index (χ0v) is 7.43. The van der Waals surface area contributed by atoms with E-state index in [1.54, 1.807) is 6.20 Å². The highest BCUT2D eigenvalue weighted by atomic mass is 16.4. The van der Waals surface area contributed by atoms with Gasteiger partial charge in [-0.2, -0.15) is 0 Å². The van der Waals surface area contributed by atoms with Gasteiger partial charge in [-0.3, -0.25) is 0 Å². The zero-order chi connectivity index (χ0) is 9.52. The summed E-state index contributed by atoms with van der Waals surface area (Å²) in [6, 6.07) is 0. The van der Waals surface area contributed by atoms with Crippen LogP contribution < -0.4 is 0 Å². The lowest BCUT2D eigenvalue weighted by Crippen LogP contribution is -2.02. The Kier molecular flexibility index (Phi) is 3.75. The van der Waals surface area contributed by atoms with Crippen molar-refractivity contribution >= 4 is 6.21 Å². The van der Waals surface area contributed by atoms with Crippen molar-refractivity contribution in [1.29, 1.82) is 0 Å². The van der Waals surface area contributed by atoms with E-state index in [1.165, 1.54) is 6.21 Å². The van der Waals surface area contributed by atoms with Gasteiger partial charge in [0.05, 0.1) is 0 Å². The lowest BCUT2D eigenvalue weighted by molar-refractivity contribution is 0.321. The fraction of sp³-hybridized carbons (Fsp3) is 0.333. The fourth-order valence-corrected chi connectivity index (χ4v) is 1.09. The molecule has 13 heavy (non-hydrogen) atoms. The normalized spacial score (nSPS) is 10.8. The lowest BCUT2D eigenvalue weighted by Gasteiger charge is -2.01. The molecule has 0 fully saturated rings. The van der Waals surface area contributed by atoms with Gasteiger partial charge in [0.15, 0.2) is 5.82 Å². The van der Waals surface area contributed by atoms with Crippen LogP contribution in [0.4, 0.5) is 0 Å². The highest BCUT2D eigenvalue weighted by molar-refractivity contribution is 5.74. The molecule has 1 rings (SSSR count). The summed E-state index contributed by atoms with van der Waals surface area (Å²) >= 11 is 0. The van der Waals surface area contributed by atoms with Gasteiger partial charge in [-0.05, 0) is 12.8 Å². The van der Waals surface area contributed by atoms with Crippen molar-refractivity contribution in [2.75, 3.05) is 0 Å². The molecule has 0 aliphatic carbocycles. The van der Waals surface area contributed by atoms with Gasteiger partial charge in [0.1, 0.15) is 6.21 Å². The quantitative estimate of drug-likeness (QED) is 0.246. The van der Waals surface area contributed by atoms with E-state index in [0.717, 1.165) is 19.4 Å². The van der Waals surface area contributed by atoms with Crippen molar-refractivity contribution in [3.63, 3.8) is 0 Å². The molecule has 0 saturated heterocycles. The Hall–Kier alpha value is -1.58. The molecular weight excluding hydrogens is 166 g/mol. The van der Waals surface area contributed by atoms with E-state index in [1.807, 2.05) is 16.8 Å². The van der Waals surface area contributed by atoms with Crippen LogP contribution in [-0.4, -0.2) is 21.0 Å². The number of rotatable bonds is 5. The zero-order valence-electron chi connectivity index (χ0n) is 7.43. The Morgan fingerprint density at radius 3 is 3.23 bits per heavy atom. The number of aryl methyl sites for hydroxylation is 1. The highest BCUT2D eigenvalue weighted by Gasteiger charge is 1.97. The largest absolute Gasteiger partial charge is 0.411 e. The second kappa shape index (κ2) is 5.13. The first-order chi connectivity index (χ1) is 6.38. The summed E-state index contributed by atoms with van der Waals surface area (Å²) < 4.78 is 1.93. The van der Waals surface area contributed by atoms with Gasteiger partial charge in [-0.1, -0.05) is 11.2 Å². The molecule has 70 valence electrons. The standard InChI is InChI=1S/C9H13N3O/c1-2-3-4-6-12-7-5-10-9(12)8-11-13/h2,5,7-8,13H,1,3-4,6H2. The number of oxime groups is 1. The summed E-state index contributed by atoms with van der Waals surface area (Å²) in [4.78, 5) is 4.01. The van der Waals surface area contributed by atoms with Crippen LogP contribution >= 0.6 is 0 Å². The van der Waals surface area contributed by atoms with Gasteiger partial charge < -0.3 is 9.77 Å². The molecule has 4 heteroatoms. The van der Waals surface area contributed by atoms with E-state index in [-0.39, 0.29) is 0 Å². The molecule has 0 unspecified atom stereocenters. The van der Waals surface area contributed by atoms with E-state index in [0.29, 0.717) is 5.82 Å². The second-order valence-electron chi connectivity index (χ2n) is 2.65. The molecule has 0 aromatic carbocycles. The summed E-state index contributed by atoms with van der Waals surface area (Å²) in [7, 11) is 0. The Bertz CT molecular complexity index is 291. The van der Waals surface area contributed by atoms with Gasteiger partial charge in [0.2, 0.25) is 0 Å². The number of hydrogen-bond donors (Lipinski definition) is 1. The number of hydrogen-bond acceptors (Lipinski definition) is 3. The predicted molar refractivity (Wildman–Crippen MR) is 51.0 cm³/mol. The van der Waals surface area contributed by atoms with Gasteiger partial charge >= 0.3 is 0 Å². The maximum absolute atomic E-state index is 8.33. The van der Waals surface area contributed by atoms with Crippen LogP contribution in [0, 0.1) is 0 Å². The third-order valence-electron chi connectivity index (χ3n) is 1.73. The number of unbranched alkanes of at least 4 members (excludes halogenated alkanes) is 1. The Morgan fingerprint density at radius 2 is 2.54 bits per heavy atom. The minimum Gasteiger partial charge on any atom is -0.411 e. The topological polar surface area (TPSA) is 50.4 Å². The van der Waals surface area contributed by atoms with Crippen LogP contribution in [0.15, 0.2) is 30.2 Å². The SMILES string of the molecule is C=CCCCn1ccnc1C=NO. The van der Waals surface area contributed by atoms with Crippen molar-refractivity contribution in [3.05, 3.63) is 30.9 Å². The Balaban J connectivity index is 2.54. The third-order valence-corrected chi connectivity index (χ3v) is 1.73. The highest BCUT2D eigenvalue weighted by Crippen LogP contribution is 1.99. The van der Waals surface area contributed by atoms with Crippen molar-refractivity contribution in [2.24, 2.45) is 5.16 Å². The smallest absolute Gasteiger partial charge is 0.154 e. The van der Waals surface area contributed by atoms with Gasteiger partial charge in [-0.15, -0.1) is 6.58 Å². The Labute approximate surface area is 77.2 Å². The van der Waals surface area contributed by atoms with Gasteiger partial charge in [0, 0.05) is 18.9 Å². The van der Waals surface area contributed by atoms with E-state index >= 15 is 0 Å². The molecule has 0 saturated carbocycles. The van der Waals surface area contributed by atoms with Crippen LogP contribution in [0.5, 0.6) is 0 Å².